The van der Waals surface area contributed by atoms with E-state index >= 15 is 0 Å². The normalized spacial score (nSPS) is 17.7. The van der Waals surface area contributed by atoms with E-state index in [4.69, 9.17) is 5.73 Å². The third-order valence-electron chi connectivity index (χ3n) is 2.06. The first-order valence-electron chi connectivity index (χ1n) is 5.58. The van der Waals surface area contributed by atoms with Crippen LogP contribution in [0.1, 0.15) is 27.7 Å². The van der Waals surface area contributed by atoms with Gasteiger partial charge in [0, 0.05) is 0 Å². The zero-order chi connectivity index (χ0) is 15.4. The summed E-state index contributed by atoms with van der Waals surface area (Å²) >= 11 is 0. The van der Waals surface area contributed by atoms with Crippen LogP contribution in [0, 0.1) is 0 Å². The first-order chi connectivity index (χ1) is 8.41. The molecule has 0 aliphatic heterocycles. The van der Waals surface area contributed by atoms with Crippen molar-refractivity contribution in [2.75, 3.05) is 6.61 Å². The molecule has 0 unspecified atom stereocenters. The molecule has 3 atom stereocenters. The number of nitrogens with one attached hydrogen (secondary N) is 1. The predicted molar refractivity (Wildman–Crippen MR) is 65.5 cm³/mol. The predicted octanol–water partition coefficient (Wildman–Crippen LogP) is 0.859. The van der Waals surface area contributed by atoms with E-state index in [1.165, 1.54) is 27.7 Å². The molecule has 3 N–H and O–H groups in total. The van der Waals surface area contributed by atoms with Crippen molar-refractivity contribution in [3.05, 3.63) is 0 Å². The summed E-state index contributed by atoms with van der Waals surface area (Å²) in [6.45, 7) is 5.87. The first kappa shape index (κ1) is 18.3. The van der Waals surface area contributed by atoms with Gasteiger partial charge in [0.15, 0.2) is 0 Å². The largest absolute Gasteiger partial charge is 0.465 e. The van der Waals surface area contributed by atoms with Crippen LogP contribution in [0.15, 0.2) is 0 Å². The van der Waals surface area contributed by atoms with Gasteiger partial charge in [-0.25, -0.2) is 8.93 Å². The number of rotatable bonds is 5. The molecule has 0 amide bonds. The minimum absolute atomic E-state index is 0.0839. The Balaban J connectivity index is 5.05. The van der Waals surface area contributed by atoms with Crippen molar-refractivity contribution in [1.82, 2.24) is 4.72 Å². The lowest BCUT2D eigenvalue weighted by atomic mass is 10.1. The summed E-state index contributed by atoms with van der Waals surface area (Å²) in [7, 11) is -2.01. The van der Waals surface area contributed by atoms with Crippen LogP contribution in [-0.2, 0) is 20.5 Å². The third-order valence-corrected chi connectivity index (χ3v) is 3.64. The monoisotopic (exact) mass is 304 g/mol. The topological polar surface area (TPSA) is 81.4 Å². The lowest BCUT2D eigenvalue weighted by molar-refractivity contribution is -0.170. The van der Waals surface area contributed by atoms with Gasteiger partial charge in [0.05, 0.1) is 22.3 Å². The number of esters is 1. The highest BCUT2D eigenvalue weighted by Crippen LogP contribution is 2.24. The standard InChI is InChI=1S/C10H19F3N2O3S/c1-5-18-8(16)6(14)7(10(11,12)13)15-19(17)9(2,3)4/h6-7,15H,5,14H2,1-4H3/t6-,7-,19-/m0/s1. The molecule has 0 spiro atoms. The average Bonchev–Trinajstić information content (AvgIpc) is 2.21. The number of carbonyl (C=O) groups is 1. The van der Waals surface area contributed by atoms with Crippen LogP contribution < -0.4 is 10.5 Å². The lowest BCUT2D eigenvalue weighted by Gasteiger charge is -2.28. The summed E-state index contributed by atoms with van der Waals surface area (Å²) in [6, 6.07) is -4.39. The lowest BCUT2D eigenvalue weighted by Crippen LogP contribution is -2.59. The summed E-state index contributed by atoms with van der Waals surface area (Å²) < 4.78 is 55.6. The molecule has 19 heavy (non-hydrogen) atoms. The highest BCUT2D eigenvalue weighted by molar-refractivity contribution is 7.84. The van der Waals surface area contributed by atoms with Gasteiger partial charge < -0.3 is 10.5 Å². The molecule has 0 heterocycles. The van der Waals surface area contributed by atoms with E-state index in [-0.39, 0.29) is 6.61 Å². The van der Waals surface area contributed by atoms with E-state index in [9.17, 15) is 22.2 Å². The van der Waals surface area contributed by atoms with Crippen LogP contribution in [0.4, 0.5) is 13.2 Å². The van der Waals surface area contributed by atoms with Crippen molar-refractivity contribution in [3.63, 3.8) is 0 Å². The fraction of sp³-hybridized carbons (Fsp3) is 0.900. The maximum absolute atomic E-state index is 12.8. The molecule has 0 saturated carbocycles. The number of carbonyl (C=O) groups excluding carboxylic acids is 1. The van der Waals surface area contributed by atoms with E-state index in [1.54, 1.807) is 0 Å². The molecule has 0 radical (unpaired) electrons. The molecule has 0 aromatic rings. The third kappa shape index (κ3) is 5.87. The summed E-state index contributed by atoms with van der Waals surface area (Å²) in [6.07, 6.45) is -4.81. The van der Waals surface area contributed by atoms with Crippen molar-refractivity contribution in [1.29, 1.82) is 0 Å². The van der Waals surface area contributed by atoms with Crippen LogP contribution in [0.5, 0.6) is 0 Å². The van der Waals surface area contributed by atoms with Gasteiger partial charge in [-0.3, -0.25) is 4.79 Å². The Hall–Kier alpha value is -0.670. The highest BCUT2D eigenvalue weighted by Gasteiger charge is 2.48. The van der Waals surface area contributed by atoms with Crippen LogP contribution >= 0.6 is 0 Å². The molecule has 0 rings (SSSR count). The quantitative estimate of drug-likeness (QED) is 0.738. The molecular weight excluding hydrogens is 285 g/mol. The van der Waals surface area contributed by atoms with Crippen molar-refractivity contribution in [3.8, 4) is 0 Å². The second-order valence-corrected chi connectivity index (χ2v) is 6.79. The fourth-order valence-corrected chi connectivity index (χ4v) is 1.87. The van der Waals surface area contributed by atoms with Gasteiger partial charge in [-0.2, -0.15) is 13.2 Å². The highest BCUT2D eigenvalue weighted by atomic mass is 32.2. The molecule has 114 valence electrons. The number of hydrogen-bond acceptors (Lipinski definition) is 4. The Morgan fingerprint density at radius 3 is 2.16 bits per heavy atom. The van der Waals surface area contributed by atoms with Gasteiger partial charge in [-0.15, -0.1) is 0 Å². The second kappa shape index (κ2) is 6.67. The molecule has 9 heteroatoms. The Kier molecular flexibility index (Phi) is 6.43. The van der Waals surface area contributed by atoms with Crippen molar-refractivity contribution in [2.24, 2.45) is 5.73 Å². The smallest absolute Gasteiger partial charge is 0.406 e. The number of nitrogens with two attached hydrogens (primary N) is 1. The minimum atomic E-state index is -4.81. The first-order valence-corrected chi connectivity index (χ1v) is 6.73. The van der Waals surface area contributed by atoms with E-state index in [0.29, 0.717) is 0 Å². The molecule has 0 aromatic carbocycles. The molecule has 0 saturated heterocycles. The van der Waals surface area contributed by atoms with E-state index < -0.39 is 40.0 Å². The molecule has 5 nitrogen and oxygen atoms in total. The summed E-state index contributed by atoms with van der Waals surface area (Å²) in [5.74, 6) is -1.19. The van der Waals surface area contributed by atoms with E-state index in [2.05, 4.69) is 4.74 Å². The fourth-order valence-electron chi connectivity index (χ4n) is 1.01. The van der Waals surface area contributed by atoms with Gasteiger partial charge in [-0.1, -0.05) is 0 Å². The molecular formula is C10H19F3N2O3S. The van der Waals surface area contributed by atoms with Crippen LogP contribution in [-0.4, -0.2) is 39.8 Å². The maximum Gasteiger partial charge on any atom is 0.406 e. The zero-order valence-corrected chi connectivity index (χ0v) is 12.0. The Labute approximate surface area is 112 Å². The Bertz CT molecular complexity index is 342. The summed E-state index contributed by atoms with van der Waals surface area (Å²) in [5.41, 5.74) is 5.23. The number of ether oxygens (including phenoxy) is 1. The Morgan fingerprint density at radius 2 is 1.84 bits per heavy atom. The maximum atomic E-state index is 12.8. The SMILES string of the molecule is CCOC(=O)[C@@H](N)[C@H](N[S@@](=O)C(C)(C)C)C(F)(F)F. The van der Waals surface area contributed by atoms with Gasteiger partial charge in [0.25, 0.3) is 0 Å². The van der Waals surface area contributed by atoms with E-state index in [0.717, 1.165) is 0 Å². The molecule has 0 aliphatic carbocycles. The van der Waals surface area contributed by atoms with Crippen LogP contribution in [0.25, 0.3) is 0 Å². The Morgan fingerprint density at radius 1 is 1.37 bits per heavy atom. The van der Waals surface area contributed by atoms with Gasteiger partial charge in [0.2, 0.25) is 0 Å². The number of hydrogen-bond donors (Lipinski definition) is 2. The summed E-state index contributed by atoms with van der Waals surface area (Å²) in [5, 5.41) is 0. The van der Waals surface area contributed by atoms with Crippen LogP contribution in [0.2, 0.25) is 0 Å². The second-order valence-electron chi connectivity index (χ2n) is 4.80. The van der Waals surface area contributed by atoms with Gasteiger partial charge in [-0.05, 0) is 27.7 Å². The molecule has 0 fully saturated rings. The molecule has 0 bridgehead atoms. The number of alkyl halides is 3. The van der Waals surface area contributed by atoms with Gasteiger partial charge >= 0.3 is 12.1 Å². The van der Waals surface area contributed by atoms with E-state index in [1.807, 2.05) is 4.72 Å². The van der Waals surface area contributed by atoms with Crippen molar-refractivity contribution in [2.45, 2.75) is 50.7 Å². The summed E-state index contributed by atoms with van der Waals surface area (Å²) in [4.78, 5) is 11.3. The molecule has 0 aliphatic rings. The minimum Gasteiger partial charge on any atom is -0.465 e. The average molecular weight is 304 g/mol. The number of halogens is 3. The van der Waals surface area contributed by atoms with Gasteiger partial charge in [0.1, 0.15) is 12.1 Å². The van der Waals surface area contributed by atoms with Crippen molar-refractivity contribution < 1.29 is 26.9 Å². The van der Waals surface area contributed by atoms with Crippen LogP contribution in [0.3, 0.4) is 0 Å². The van der Waals surface area contributed by atoms with Crippen molar-refractivity contribution >= 4 is 17.0 Å². The molecule has 0 aromatic heterocycles. The zero-order valence-electron chi connectivity index (χ0n) is 11.2.